The first kappa shape index (κ1) is 34.5. The van der Waals surface area contributed by atoms with Gasteiger partial charge in [0.2, 0.25) is 0 Å². The van der Waals surface area contributed by atoms with E-state index in [0.29, 0.717) is 13.1 Å². The van der Waals surface area contributed by atoms with E-state index in [4.69, 9.17) is 18.9 Å². The number of urea groups is 1. The number of nitrogens with one attached hydrogen (secondary N) is 2. The summed E-state index contributed by atoms with van der Waals surface area (Å²) in [5.74, 6) is 1.58. The van der Waals surface area contributed by atoms with E-state index >= 15 is 0 Å². The standard InChI is InChI=1S/C40H47N3O6/c1-5-41-40(45)42-22-32-8-6-7-9-34(32)28-14-16-30(17-15-28)39-48-37(26(2)38(49-39)29-12-10-27(25-44)11-13-29)24-43-19-18-31-20-35(46-3)36(47-4)21-33(31)23-43/h6-17,20-21,26,37-39,44H,5,18-19,22-25H2,1-4H3,(H2,41,42,45)/t26-,37+,38+,39+/m1/s1. The monoisotopic (exact) mass is 665 g/mol. The Morgan fingerprint density at radius 3 is 2.29 bits per heavy atom. The molecule has 0 bridgehead atoms. The molecule has 4 atom stereocenters. The van der Waals surface area contributed by atoms with E-state index in [1.165, 1.54) is 11.1 Å². The first-order valence-corrected chi connectivity index (χ1v) is 17.1. The lowest BCUT2D eigenvalue weighted by Gasteiger charge is -2.43. The van der Waals surface area contributed by atoms with Gasteiger partial charge < -0.3 is 34.7 Å². The lowest BCUT2D eigenvalue weighted by molar-refractivity contribution is -0.276. The van der Waals surface area contributed by atoms with Crippen LogP contribution in [-0.4, -0.2) is 56.0 Å². The summed E-state index contributed by atoms with van der Waals surface area (Å²) in [6, 6.07) is 28.5. The van der Waals surface area contributed by atoms with E-state index in [1.807, 2.05) is 37.3 Å². The van der Waals surface area contributed by atoms with Crippen molar-refractivity contribution in [3.05, 3.63) is 118 Å². The molecular weight excluding hydrogens is 618 g/mol. The summed E-state index contributed by atoms with van der Waals surface area (Å²) in [6.45, 7) is 7.57. The number of hydrogen-bond donors (Lipinski definition) is 3. The molecule has 4 aromatic rings. The number of nitrogens with zero attached hydrogens (tertiary/aromatic N) is 1. The maximum Gasteiger partial charge on any atom is 0.315 e. The lowest BCUT2D eigenvalue weighted by Crippen LogP contribution is -2.45. The number of carbonyl (C=O) groups is 1. The number of rotatable bonds is 11. The van der Waals surface area contributed by atoms with E-state index in [1.54, 1.807) is 14.2 Å². The van der Waals surface area contributed by atoms with Crippen molar-refractivity contribution in [1.82, 2.24) is 15.5 Å². The zero-order chi connectivity index (χ0) is 34.3. The molecule has 2 aliphatic rings. The van der Waals surface area contributed by atoms with Gasteiger partial charge in [0.25, 0.3) is 0 Å². The molecule has 2 heterocycles. The molecule has 0 unspecified atom stereocenters. The highest BCUT2D eigenvalue weighted by Crippen LogP contribution is 2.43. The van der Waals surface area contributed by atoms with E-state index in [0.717, 1.165) is 70.9 Å². The zero-order valence-electron chi connectivity index (χ0n) is 28.8. The summed E-state index contributed by atoms with van der Waals surface area (Å²) in [7, 11) is 3.35. The average molecular weight is 666 g/mol. The molecule has 0 aromatic heterocycles. The molecular formula is C40H47N3O6. The Hall–Kier alpha value is -4.41. The Labute approximate surface area is 289 Å². The van der Waals surface area contributed by atoms with Crippen LogP contribution in [0.2, 0.25) is 0 Å². The van der Waals surface area contributed by atoms with Crippen molar-refractivity contribution in [2.24, 2.45) is 5.92 Å². The van der Waals surface area contributed by atoms with Gasteiger partial charge in [-0.25, -0.2) is 4.79 Å². The van der Waals surface area contributed by atoms with Crippen molar-refractivity contribution < 1.29 is 28.8 Å². The lowest BCUT2D eigenvalue weighted by atomic mass is 9.89. The number of benzene rings is 4. The SMILES string of the molecule is CCNC(=O)NCc1ccccc1-c1ccc([C@H]2O[C@@H](CN3CCc4cc(OC)c(OC)cc4C3)[C@@H](C)[C@@H](c3ccc(CO)cc3)O2)cc1. The summed E-state index contributed by atoms with van der Waals surface area (Å²) in [5, 5.41) is 15.4. The van der Waals surface area contributed by atoms with E-state index in [9.17, 15) is 9.90 Å². The molecule has 1 saturated heterocycles. The van der Waals surface area contributed by atoms with E-state index < -0.39 is 6.29 Å². The number of ether oxygens (including phenoxy) is 4. The van der Waals surface area contributed by atoms with Crippen molar-refractivity contribution in [1.29, 1.82) is 0 Å². The highest BCUT2D eigenvalue weighted by molar-refractivity contribution is 5.74. The highest BCUT2D eigenvalue weighted by Gasteiger charge is 2.39. The number of fused-ring (bicyclic) bond motifs is 1. The molecule has 0 spiro atoms. The number of methoxy groups -OCH3 is 2. The summed E-state index contributed by atoms with van der Waals surface area (Å²) < 4.78 is 24.7. The second-order valence-corrected chi connectivity index (χ2v) is 12.8. The topological polar surface area (TPSA) is 102 Å². The van der Waals surface area contributed by atoms with Gasteiger partial charge in [-0.2, -0.15) is 0 Å². The van der Waals surface area contributed by atoms with Crippen molar-refractivity contribution in [2.45, 2.75) is 58.5 Å². The van der Waals surface area contributed by atoms with Crippen LogP contribution < -0.4 is 20.1 Å². The minimum Gasteiger partial charge on any atom is -0.493 e. The first-order chi connectivity index (χ1) is 23.9. The molecule has 3 N–H and O–H groups in total. The largest absolute Gasteiger partial charge is 0.493 e. The highest BCUT2D eigenvalue weighted by atomic mass is 16.7. The summed E-state index contributed by atoms with van der Waals surface area (Å²) in [5.41, 5.74) is 8.55. The van der Waals surface area contributed by atoms with Gasteiger partial charge in [-0.15, -0.1) is 0 Å². The Morgan fingerprint density at radius 1 is 0.898 bits per heavy atom. The molecule has 258 valence electrons. The molecule has 2 aliphatic heterocycles. The Morgan fingerprint density at radius 2 is 1.59 bits per heavy atom. The molecule has 0 radical (unpaired) electrons. The van der Waals surface area contributed by atoms with Gasteiger partial charge in [-0.3, -0.25) is 4.90 Å². The Bertz CT molecular complexity index is 1710. The second-order valence-electron chi connectivity index (χ2n) is 12.8. The van der Waals surface area contributed by atoms with Crippen molar-refractivity contribution >= 4 is 6.03 Å². The van der Waals surface area contributed by atoms with Crippen LogP contribution in [0.5, 0.6) is 11.5 Å². The molecule has 9 heteroatoms. The Balaban J connectivity index is 1.23. The van der Waals surface area contributed by atoms with Gasteiger partial charge >= 0.3 is 6.03 Å². The maximum atomic E-state index is 12.1. The molecule has 9 nitrogen and oxygen atoms in total. The average Bonchev–Trinajstić information content (AvgIpc) is 3.14. The van der Waals surface area contributed by atoms with Gasteiger partial charge in [0.05, 0.1) is 33.0 Å². The van der Waals surface area contributed by atoms with Crippen LogP contribution in [0.25, 0.3) is 11.1 Å². The predicted octanol–water partition coefficient (Wildman–Crippen LogP) is 6.53. The van der Waals surface area contributed by atoms with Crippen LogP contribution in [0.1, 0.15) is 59.6 Å². The third kappa shape index (κ3) is 7.92. The number of amides is 2. The molecule has 0 aliphatic carbocycles. The third-order valence-corrected chi connectivity index (χ3v) is 9.65. The first-order valence-electron chi connectivity index (χ1n) is 17.1. The predicted molar refractivity (Wildman–Crippen MR) is 189 cm³/mol. The summed E-state index contributed by atoms with van der Waals surface area (Å²) in [6.07, 6.45) is 0.0704. The second kappa shape index (κ2) is 15.9. The molecule has 2 amide bonds. The smallest absolute Gasteiger partial charge is 0.315 e. The zero-order valence-corrected chi connectivity index (χ0v) is 28.8. The molecule has 1 fully saturated rings. The van der Waals surface area contributed by atoms with Gasteiger partial charge in [-0.05, 0) is 64.4 Å². The van der Waals surface area contributed by atoms with Crippen molar-refractivity contribution in [3.8, 4) is 22.6 Å². The number of aliphatic hydroxyl groups is 1. The van der Waals surface area contributed by atoms with Crippen molar-refractivity contribution in [2.75, 3.05) is 33.9 Å². The number of hydrogen-bond acceptors (Lipinski definition) is 7. The summed E-state index contributed by atoms with van der Waals surface area (Å²) in [4.78, 5) is 14.5. The van der Waals surface area contributed by atoms with Crippen LogP contribution in [0.15, 0.2) is 84.9 Å². The van der Waals surface area contributed by atoms with Crippen molar-refractivity contribution in [3.63, 3.8) is 0 Å². The van der Waals surface area contributed by atoms with E-state index in [-0.39, 0.29) is 30.8 Å². The van der Waals surface area contributed by atoms with Crippen LogP contribution in [0.4, 0.5) is 4.79 Å². The maximum absolute atomic E-state index is 12.1. The quantitative estimate of drug-likeness (QED) is 0.168. The van der Waals surface area contributed by atoms with Crippen LogP contribution in [0, 0.1) is 5.92 Å². The van der Waals surface area contributed by atoms with Crippen LogP contribution >= 0.6 is 0 Å². The fraction of sp³-hybridized carbons (Fsp3) is 0.375. The molecule has 49 heavy (non-hydrogen) atoms. The van der Waals surface area contributed by atoms with Gasteiger partial charge in [-0.1, -0.05) is 79.7 Å². The molecule has 6 rings (SSSR count). The minimum absolute atomic E-state index is 0.000287. The summed E-state index contributed by atoms with van der Waals surface area (Å²) >= 11 is 0. The van der Waals surface area contributed by atoms with Gasteiger partial charge in [0.1, 0.15) is 0 Å². The van der Waals surface area contributed by atoms with E-state index in [2.05, 4.69) is 77.1 Å². The van der Waals surface area contributed by atoms with Crippen LogP contribution in [0.3, 0.4) is 0 Å². The van der Waals surface area contributed by atoms with Gasteiger partial charge in [0, 0.05) is 44.2 Å². The Kier molecular flexibility index (Phi) is 11.2. The molecule has 0 saturated carbocycles. The number of carbonyl (C=O) groups excluding carboxylic acids is 1. The molecule has 4 aromatic carbocycles. The number of aliphatic hydroxyl groups excluding tert-OH is 1. The fourth-order valence-electron chi connectivity index (χ4n) is 6.85. The minimum atomic E-state index is -0.561. The normalized spacial score (nSPS) is 20.7. The third-order valence-electron chi connectivity index (χ3n) is 9.65. The fourth-order valence-corrected chi connectivity index (χ4v) is 6.85. The van der Waals surface area contributed by atoms with Crippen LogP contribution in [-0.2, 0) is 35.6 Å². The van der Waals surface area contributed by atoms with Gasteiger partial charge in [0.15, 0.2) is 17.8 Å².